The summed E-state index contributed by atoms with van der Waals surface area (Å²) in [7, 11) is 0. The fraction of sp³-hybridized carbons (Fsp3) is 0.524. The number of esters is 1. The molecule has 3 atom stereocenters. The third-order valence-corrected chi connectivity index (χ3v) is 4.19. The maximum Gasteiger partial charge on any atom is 0.334 e. The summed E-state index contributed by atoms with van der Waals surface area (Å²) in [6.07, 6.45) is 0.499. The van der Waals surface area contributed by atoms with Crippen molar-refractivity contribution in [3.8, 4) is 0 Å². The number of carbonyl (C=O) groups excluding carboxylic acids is 2. The molecule has 0 radical (unpaired) electrons. The van der Waals surface area contributed by atoms with Gasteiger partial charge in [0.15, 0.2) is 12.1 Å². The molecule has 0 spiro atoms. The predicted octanol–water partition coefficient (Wildman–Crippen LogP) is 2.86. The lowest BCUT2D eigenvalue weighted by molar-refractivity contribution is -0.479. The van der Waals surface area contributed by atoms with E-state index < -0.39 is 41.0 Å². The van der Waals surface area contributed by atoms with Gasteiger partial charge in [-0.25, -0.2) is 4.79 Å². The molecule has 158 valence electrons. The molecule has 1 aliphatic heterocycles. The van der Waals surface area contributed by atoms with Crippen LogP contribution in [0.1, 0.15) is 39.7 Å². The fourth-order valence-electron chi connectivity index (χ4n) is 3.03. The Morgan fingerprint density at radius 1 is 1.24 bits per heavy atom. The number of rotatable bonds is 8. The van der Waals surface area contributed by atoms with Gasteiger partial charge in [0.2, 0.25) is 6.54 Å². The van der Waals surface area contributed by atoms with E-state index in [9.17, 15) is 19.7 Å². The second-order valence-corrected chi connectivity index (χ2v) is 8.10. The van der Waals surface area contributed by atoms with E-state index in [0.29, 0.717) is 12.7 Å². The van der Waals surface area contributed by atoms with Crippen molar-refractivity contribution in [2.45, 2.75) is 64.1 Å². The van der Waals surface area contributed by atoms with Gasteiger partial charge in [-0.2, -0.15) is 0 Å². The van der Waals surface area contributed by atoms with Crippen LogP contribution in [0.15, 0.2) is 42.0 Å². The maximum absolute atomic E-state index is 12.5. The van der Waals surface area contributed by atoms with Gasteiger partial charge in [0.1, 0.15) is 17.8 Å². The lowest BCUT2D eigenvalue weighted by atomic mass is 10.1. The van der Waals surface area contributed by atoms with E-state index in [-0.39, 0.29) is 12.0 Å². The first-order chi connectivity index (χ1) is 13.5. The summed E-state index contributed by atoms with van der Waals surface area (Å²) in [5, 5.41) is 10.8. The van der Waals surface area contributed by atoms with Crippen LogP contribution in [0.5, 0.6) is 0 Å². The van der Waals surface area contributed by atoms with Gasteiger partial charge < -0.3 is 19.0 Å². The number of carbonyl (C=O) groups is 2. The number of benzene rings is 1. The van der Waals surface area contributed by atoms with Crippen molar-refractivity contribution in [2.75, 3.05) is 6.54 Å². The molecule has 1 aromatic rings. The van der Waals surface area contributed by atoms with E-state index in [2.05, 4.69) is 0 Å². The standard InChI is InChI=1S/C21H27NO7/c1-20(2,3)29-19(24)16(10-11-22(25)26)12-17-18(14-23)28-21(4,27-17)13-15-8-6-5-7-9-15/h5-9,12,14,17-18H,10-11,13H2,1-4H3. The van der Waals surface area contributed by atoms with Crippen molar-refractivity contribution in [3.63, 3.8) is 0 Å². The third-order valence-electron chi connectivity index (χ3n) is 4.19. The van der Waals surface area contributed by atoms with Gasteiger partial charge in [-0.15, -0.1) is 0 Å². The van der Waals surface area contributed by atoms with Gasteiger partial charge in [0.25, 0.3) is 0 Å². The van der Waals surface area contributed by atoms with Gasteiger partial charge in [-0.05, 0) is 39.3 Å². The Kier molecular flexibility index (Phi) is 7.26. The van der Waals surface area contributed by atoms with Crippen LogP contribution < -0.4 is 0 Å². The average molecular weight is 405 g/mol. The minimum atomic E-state index is -1.07. The monoisotopic (exact) mass is 405 g/mol. The number of nitro groups is 1. The normalized spacial score (nSPS) is 24.9. The molecular weight excluding hydrogens is 378 g/mol. The summed E-state index contributed by atoms with van der Waals surface area (Å²) < 4.78 is 17.1. The molecule has 8 heteroatoms. The molecule has 0 aliphatic carbocycles. The van der Waals surface area contributed by atoms with Crippen LogP contribution in [0.25, 0.3) is 0 Å². The number of ether oxygens (including phenoxy) is 3. The van der Waals surface area contributed by atoms with Crippen LogP contribution in [0.2, 0.25) is 0 Å². The van der Waals surface area contributed by atoms with Crippen molar-refractivity contribution in [3.05, 3.63) is 57.7 Å². The summed E-state index contributed by atoms with van der Waals surface area (Å²) in [4.78, 5) is 34.3. The summed E-state index contributed by atoms with van der Waals surface area (Å²) in [6, 6.07) is 9.51. The SMILES string of the molecule is CC(C)(C)OC(=O)C(=CC1OC(C)(Cc2ccccc2)OC1C=O)CC[N+](=O)[O-]. The van der Waals surface area contributed by atoms with Crippen molar-refractivity contribution >= 4 is 12.3 Å². The first kappa shape index (κ1) is 22.7. The Morgan fingerprint density at radius 2 is 1.86 bits per heavy atom. The van der Waals surface area contributed by atoms with Crippen LogP contribution in [0.3, 0.4) is 0 Å². The topological polar surface area (TPSA) is 105 Å². The summed E-state index contributed by atoms with van der Waals surface area (Å²) in [5.41, 5.74) is 0.287. The maximum atomic E-state index is 12.5. The highest BCUT2D eigenvalue weighted by atomic mass is 16.8. The highest BCUT2D eigenvalue weighted by molar-refractivity contribution is 5.89. The Balaban J connectivity index is 2.23. The average Bonchev–Trinajstić information content (AvgIpc) is 2.93. The highest BCUT2D eigenvalue weighted by Gasteiger charge is 2.44. The lowest BCUT2D eigenvalue weighted by Gasteiger charge is -2.23. The minimum absolute atomic E-state index is 0.0843. The van der Waals surface area contributed by atoms with Gasteiger partial charge in [-0.1, -0.05) is 30.3 Å². The number of hydrogen-bond donors (Lipinski definition) is 0. The van der Waals surface area contributed by atoms with Crippen LogP contribution in [-0.4, -0.2) is 47.3 Å². The first-order valence-corrected chi connectivity index (χ1v) is 9.42. The van der Waals surface area contributed by atoms with Crippen molar-refractivity contribution in [1.29, 1.82) is 0 Å². The molecule has 0 saturated carbocycles. The van der Waals surface area contributed by atoms with Crippen molar-refractivity contribution in [1.82, 2.24) is 0 Å². The molecule has 2 rings (SSSR count). The number of nitrogens with zero attached hydrogens (tertiary/aromatic N) is 1. The largest absolute Gasteiger partial charge is 0.457 e. The second kappa shape index (κ2) is 9.28. The molecular formula is C21H27NO7. The van der Waals surface area contributed by atoms with Crippen LogP contribution in [0.4, 0.5) is 0 Å². The highest BCUT2D eigenvalue weighted by Crippen LogP contribution is 2.32. The van der Waals surface area contributed by atoms with Crippen LogP contribution in [-0.2, 0) is 30.2 Å². The third kappa shape index (κ3) is 7.07. The quantitative estimate of drug-likeness (QED) is 0.215. The Morgan fingerprint density at radius 3 is 2.41 bits per heavy atom. The van der Waals surface area contributed by atoms with E-state index in [1.54, 1.807) is 27.7 Å². The number of hydrogen-bond acceptors (Lipinski definition) is 7. The smallest absolute Gasteiger partial charge is 0.334 e. The molecule has 1 heterocycles. The Bertz CT molecular complexity index is 769. The Hall–Kier alpha value is -2.58. The zero-order valence-corrected chi connectivity index (χ0v) is 17.1. The van der Waals surface area contributed by atoms with E-state index in [1.807, 2.05) is 30.3 Å². The second-order valence-electron chi connectivity index (χ2n) is 8.10. The molecule has 1 aromatic carbocycles. The zero-order valence-electron chi connectivity index (χ0n) is 17.1. The first-order valence-electron chi connectivity index (χ1n) is 9.42. The molecule has 1 aliphatic rings. The molecule has 29 heavy (non-hydrogen) atoms. The zero-order chi connectivity index (χ0) is 21.7. The van der Waals surface area contributed by atoms with Crippen LogP contribution >= 0.6 is 0 Å². The molecule has 0 N–H and O–H groups in total. The van der Waals surface area contributed by atoms with Gasteiger partial charge in [-0.3, -0.25) is 10.1 Å². The van der Waals surface area contributed by atoms with Crippen LogP contribution in [0, 0.1) is 10.1 Å². The lowest BCUT2D eigenvalue weighted by Crippen LogP contribution is -2.30. The molecule has 0 amide bonds. The molecule has 1 fully saturated rings. The summed E-state index contributed by atoms with van der Waals surface area (Å²) in [5.74, 6) is -1.75. The fourth-order valence-corrected chi connectivity index (χ4v) is 3.03. The van der Waals surface area contributed by atoms with E-state index in [1.165, 1.54) is 6.08 Å². The van der Waals surface area contributed by atoms with E-state index in [0.717, 1.165) is 5.56 Å². The van der Waals surface area contributed by atoms with Crippen molar-refractivity contribution in [2.24, 2.45) is 0 Å². The van der Waals surface area contributed by atoms with Gasteiger partial charge >= 0.3 is 5.97 Å². The minimum Gasteiger partial charge on any atom is -0.457 e. The molecule has 8 nitrogen and oxygen atoms in total. The van der Waals surface area contributed by atoms with Gasteiger partial charge in [0.05, 0.1) is 0 Å². The molecule has 0 bridgehead atoms. The molecule has 3 unspecified atom stereocenters. The molecule has 0 aromatic heterocycles. The van der Waals surface area contributed by atoms with Gasteiger partial charge in [0, 0.05) is 23.3 Å². The Labute approximate surface area is 170 Å². The van der Waals surface area contributed by atoms with Crippen molar-refractivity contribution < 1.29 is 28.7 Å². The van der Waals surface area contributed by atoms with E-state index >= 15 is 0 Å². The predicted molar refractivity (Wildman–Crippen MR) is 105 cm³/mol. The molecule has 1 saturated heterocycles. The summed E-state index contributed by atoms with van der Waals surface area (Å²) >= 11 is 0. The number of aldehydes is 1. The summed E-state index contributed by atoms with van der Waals surface area (Å²) in [6.45, 7) is 6.39. The van der Waals surface area contributed by atoms with E-state index in [4.69, 9.17) is 14.2 Å².